The summed E-state index contributed by atoms with van der Waals surface area (Å²) in [7, 11) is 1.34. The van der Waals surface area contributed by atoms with Crippen molar-refractivity contribution in [1.82, 2.24) is 0 Å². The van der Waals surface area contributed by atoms with Gasteiger partial charge >= 0.3 is 11.9 Å². The summed E-state index contributed by atoms with van der Waals surface area (Å²) in [5.41, 5.74) is 48.7. The Morgan fingerprint density at radius 2 is 0.782 bits per heavy atom. The lowest BCUT2D eigenvalue weighted by Crippen LogP contribution is -2.63. The van der Waals surface area contributed by atoms with Gasteiger partial charge in [0, 0.05) is 43.5 Å². The highest BCUT2D eigenvalue weighted by molar-refractivity contribution is 5.89. The summed E-state index contributed by atoms with van der Waals surface area (Å²) < 4.78 is 77.5. The van der Waals surface area contributed by atoms with E-state index in [2.05, 4.69) is 50.1 Å². The molecule has 5 fully saturated rings. The van der Waals surface area contributed by atoms with Crippen molar-refractivity contribution in [3.05, 3.63) is 88.1 Å². The zero-order valence-electron chi connectivity index (χ0n) is 45.8. The van der Waals surface area contributed by atoms with Crippen LogP contribution in [0.15, 0.2) is 55.9 Å². The molecule has 1 aromatic rings. The van der Waals surface area contributed by atoms with Gasteiger partial charge in [-0.2, -0.15) is 0 Å². The minimum absolute atomic E-state index is 0.237. The first kappa shape index (κ1) is 61.5. The number of unbranched alkanes of at least 4 members (excludes halogenated alkanes) is 2. The maximum atomic E-state index is 13.7. The summed E-state index contributed by atoms with van der Waals surface area (Å²) in [5.74, 6) is -4.12. The maximum Gasteiger partial charge on any atom is 0.338 e. The van der Waals surface area contributed by atoms with Gasteiger partial charge in [0.25, 0.3) is 0 Å². The number of carbonyl (C=O) groups excluding carboxylic acids is 2. The Morgan fingerprint density at radius 3 is 1.13 bits per heavy atom. The first-order chi connectivity index (χ1) is 37.4. The summed E-state index contributed by atoms with van der Waals surface area (Å²) in [6, 6.07) is 4.42. The van der Waals surface area contributed by atoms with Gasteiger partial charge in [-0.25, -0.2) is 4.79 Å². The third-order valence-corrected chi connectivity index (χ3v) is 15.7. The van der Waals surface area contributed by atoms with E-state index in [9.17, 15) is 37.2 Å². The van der Waals surface area contributed by atoms with Crippen molar-refractivity contribution < 1.29 is 66.4 Å². The van der Waals surface area contributed by atoms with Gasteiger partial charge in [-0.1, -0.05) is 84.8 Å². The lowest BCUT2D eigenvalue weighted by molar-refractivity contribution is -0.384. The Morgan fingerprint density at radius 1 is 0.462 bits per heavy atom. The third kappa shape index (κ3) is 14.6. The van der Waals surface area contributed by atoms with Crippen molar-refractivity contribution in [3.8, 4) is 0 Å². The van der Waals surface area contributed by atoms with Crippen molar-refractivity contribution >= 4 is 11.9 Å². The second kappa shape index (κ2) is 29.0. The number of rotatable bonds is 22. The molecule has 78 heavy (non-hydrogen) atoms. The third-order valence-electron chi connectivity index (χ3n) is 15.7. The predicted molar refractivity (Wildman–Crippen MR) is 274 cm³/mol. The number of benzene rings is 1. The standard InChI is InChI=1S/C49H73N15O14/c1-22-34(55-60-50)27(6)69-45(68-21-17-13-16-20-33(65)67-11)39(22)75-47-41(24(3)36(57-62-52)29(8)71-47)77-49-43(26(5)38(59-64-54)31(10)73-49)78-48-42(25(4)37(58-63-53)30(9)72-48)76-46-40(23(2)35(56-61-51)28(7)70-46)74-44(66)32-18-14-12-15-19-32/h12,14-15,18-19,22-31,34-43,45-49H,13,16-17,20-21H2,1-11H3/t22-,23-,24-,25-,26-,27?,28?,29?,30?,31?,34-,35-,36-,37-,38-,39?,40?,41?,42?,43?,45-,46+,47+,48+,49+/m0/s1. The van der Waals surface area contributed by atoms with Gasteiger partial charge < -0.3 is 56.8 Å². The van der Waals surface area contributed by atoms with Crippen LogP contribution in [0.1, 0.15) is 105 Å². The number of ether oxygens (including phenoxy) is 12. The first-order valence-electron chi connectivity index (χ1n) is 26.5. The van der Waals surface area contributed by atoms with Crippen molar-refractivity contribution in [1.29, 1.82) is 0 Å². The molecule has 5 aliphatic rings. The lowest BCUT2D eigenvalue weighted by Gasteiger charge is -2.51. The smallest absolute Gasteiger partial charge is 0.338 e. The molecule has 5 heterocycles. The summed E-state index contributed by atoms with van der Waals surface area (Å²) in [5, 5.41) is 20.3. The zero-order valence-corrected chi connectivity index (χ0v) is 45.8. The van der Waals surface area contributed by atoms with E-state index in [4.69, 9.17) is 56.8 Å². The molecule has 0 bridgehead atoms. The number of hydrogen-bond acceptors (Lipinski definition) is 19. The van der Waals surface area contributed by atoms with Gasteiger partial charge in [-0.3, -0.25) is 4.79 Å². The Bertz CT molecular complexity index is 2410. The van der Waals surface area contributed by atoms with Crippen molar-refractivity contribution in [2.24, 2.45) is 55.2 Å². The fourth-order valence-corrected chi connectivity index (χ4v) is 11.2. The normalized spacial score (nSPS) is 40.5. The van der Waals surface area contributed by atoms with Crippen LogP contribution in [-0.4, -0.2) is 148 Å². The Hall–Kier alpha value is -5.69. The van der Waals surface area contributed by atoms with Gasteiger partial charge in [0.1, 0.15) is 24.4 Å². The highest BCUT2D eigenvalue weighted by Crippen LogP contribution is 2.43. The number of nitrogens with zero attached hydrogens (tertiary/aromatic N) is 15. The molecule has 0 spiro atoms. The van der Waals surface area contributed by atoms with E-state index in [0.29, 0.717) is 19.3 Å². The Labute approximate surface area is 451 Å². The van der Waals surface area contributed by atoms with Crippen LogP contribution in [0.2, 0.25) is 0 Å². The second-order valence-electron chi connectivity index (χ2n) is 20.7. The van der Waals surface area contributed by atoms with E-state index < -0.39 is 158 Å². The predicted octanol–water partition coefficient (Wildman–Crippen LogP) is 9.80. The first-order valence-corrected chi connectivity index (χ1v) is 26.5. The number of carbonyl (C=O) groups is 2. The van der Waals surface area contributed by atoms with E-state index in [1.165, 1.54) is 7.11 Å². The fraction of sp³-hybridized carbons (Fsp3) is 0.837. The monoisotopic (exact) mass is 1100 g/mol. The molecule has 1 aromatic carbocycles. The highest BCUT2D eigenvalue weighted by Gasteiger charge is 2.55. The van der Waals surface area contributed by atoms with Crippen molar-refractivity contribution in [2.75, 3.05) is 13.7 Å². The number of methoxy groups -OCH3 is 1. The van der Waals surface area contributed by atoms with Gasteiger partial charge in [0.05, 0.1) is 73.4 Å². The van der Waals surface area contributed by atoms with Gasteiger partial charge in [-0.15, -0.1) is 0 Å². The average molecular weight is 1100 g/mol. The SMILES string of the molecule is COC(=O)CCCCCO[C@H]1OC(C)[C@@H](N=[N+]=[N-])[C@H](C)C1O[C@H]1OC(C)[C@@H](N=[N+]=[N-])[C@H](C)C1O[C@H]1OC(C)[C@@H](N=[N+]=[N-])[C@H](C)C1O[C@H]1OC(C)[C@@H](N=[N+]=[N-])[C@H](C)C1O[C@H]1OC(C)[C@@H](N=[N+]=[N-])[C@H](C)C1OC(=O)c1ccccc1. The Balaban J connectivity index is 1.35. The topological polar surface area (TPSA) is 389 Å². The van der Waals surface area contributed by atoms with Crippen LogP contribution < -0.4 is 0 Å². The van der Waals surface area contributed by atoms with Crippen LogP contribution >= 0.6 is 0 Å². The van der Waals surface area contributed by atoms with Gasteiger partial charge in [0.2, 0.25) is 0 Å². The van der Waals surface area contributed by atoms with Gasteiger partial charge in [-0.05, 0) is 111 Å². The fourth-order valence-electron chi connectivity index (χ4n) is 11.2. The molecule has 5 aliphatic heterocycles. The lowest BCUT2D eigenvalue weighted by atomic mass is 9.86. The molecule has 0 aromatic heterocycles. The van der Waals surface area contributed by atoms with Crippen LogP contribution in [0.3, 0.4) is 0 Å². The highest BCUT2D eigenvalue weighted by atomic mass is 16.8. The van der Waals surface area contributed by atoms with Crippen molar-refractivity contribution in [3.63, 3.8) is 0 Å². The molecular formula is C49H73N15O14. The van der Waals surface area contributed by atoms with Crippen LogP contribution in [0.5, 0.6) is 0 Å². The summed E-state index contributed by atoms with van der Waals surface area (Å²) >= 11 is 0. The molecule has 29 heteroatoms. The second-order valence-corrected chi connectivity index (χ2v) is 20.7. The van der Waals surface area contributed by atoms with E-state index in [-0.39, 0.29) is 24.6 Å². The molecular weight excluding hydrogens is 1020 g/mol. The van der Waals surface area contributed by atoms with Crippen LogP contribution in [0.25, 0.3) is 52.2 Å². The molecule has 428 valence electrons. The largest absolute Gasteiger partial charge is 0.469 e. The number of hydrogen-bond donors (Lipinski definition) is 0. The van der Waals surface area contributed by atoms with Crippen LogP contribution in [0.4, 0.5) is 0 Å². The van der Waals surface area contributed by atoms with Gasteiger partial charge in [0.15, 0.2) is 37.6 Å². The number of esters is 2. The molecule has 6 rings (SSSR count). The molecule has 25 atom stereocenters. The van der Waals surface area contributed by atoms with Crippen LogP contribution in [0, 0.1) is 29.6 Å². The molecule has 0 N–H and O–H groups in total. The molecule has 0 amide bonds. The average Bonchev–Trinajstić information content (AvgIpc) is 3.50. The van der Waals surface area contributed by atoms with E-state index >= 15 is 0 Å². The zero-order chi connectivity index (χ0) is 56.8. The summed E-state index contributed by atoms with van der Waals surface area (Å²) in [6.45, 7) is 17.9. The van der Waals surface area contributed by atoms with Crippen molar-refractivity contribution in [2.45, 2.75) is 218 Å². The maximum absolute atomic E-state index is 13.7. The molecule has 29 nitrogen and oxygen atoms in total. The molecule has 0 aliphatic carbocycles. The molecule has 10 unspecified atom stereocenters. The summed E-state index contributed by atoms with van der Waals surface area (Å²) in [4.78, 5) is 40.9. The van der Waals surface area contributed by atoms with E-state index in [0.717, 1.165) is 0 Å². The molecule has 0 saturated carbocycles. The Kier molecular flexibility index (Phi) is 22.9. The van der Waals surface area contributed by atoms with E-state index in [1.54, 1.807) is 85.7 Å². The van der Waals surface area contributed by atoms with Crippen LogP contribution in [-0.2, 0) is 61.6 Å². The quantitative estimate of drug-likeness (QED) is 0.0343. The minimum atomic E-state index is -1.33. The summed E-state index contributed by atoms with van der Waals surface area (Å²) in [6.07, 6.45) is -13.1. The number of azide groups is 5. The minimum Gasteiger partial charge on any atom is -0.469 e. The molecule has 5 saturated heterocycles. The molecule has 0 radical (unpaired) electrons. The van der Waals surface area contributed by atoms with E-state index in [1.807, 2.05) is 13.8 Å².